The van der Waals surface area contributed by atoms with Gasteiger partial charge in [-0.25, -0.2) is 4.79 Å². The Morgan fingerprint density at radius 3 is 2.65 bits per heavy atom. The Kier molecular flexibility index (Phi) is 6.57. The Bertz CT molecular complexity index is 411. The van der Waals surface area contributed by atoms with Crippen LogP contribution >= 0.6 is 11.8 Å². The summed E-state index contributed by atoms with van der Waals surface area (Å²) in [4.78, 5) is 37.2. The second-order valence-corrected chi connectivity index (χ2v) is 5.77. The third kappa shape index (κ3) is 4.88. The van der Waals surface area contributed by atoms with Crippen LogP contribution in [0.25, 0.3) is 0 Å². The van der Waals surface area contributed by atoms with Crippen molar-refractivity contribution in [1.29, 1.82) is 0 Å². The molecule has 6 nitrogen and oxygen atoms in total. The summed E-state index contributed by atoms with van der Waals surface area (Å²) in [5, 5.41) is 0. The first-order valence-corrected chi connectivity index (χ1v) is 7.53. The van der Waals surface area contributed by atoms with Crippen LogP contribution in [0.2, 0.25) is 0 Å². The summed E-state index contributed by atoms with van der Waals surface area (Å²) in [6, 6.07) is 0. The normalized spacial score (nSPS) is 15.5. The van der Waals surface area contributed by atoms with Gasteiger partial charge in [0.25, 0.3) is 0 Å². The summed E-state index contributed by atoms with van der Waals surface area (Å²) in [6.07, 6.45) is 0. The highest BCUT2D eigenvalue weighted by molar-refractivity contribution is 7.99. The van der Waals surface area contributed by atoms with Crippen LogP contribution in [0.15, 0.2) is 12.2 Å². The monoisotopic (exact) mass is 300 g/mol. The Morgan fingerprint density at radius 2 is 2.00 bits per heavy atom. The first-order valence-electron chi connectivity index (χ1n) is 6.38. The van der Waals surface area contributed by atoms with Crippen LogP contribution in [0.5, 0.6) is 0 Å². The number of piperazine rings is 1. The van der Waals surface area contributed by atoms with E-state index in [0.717, 1.165) is 0 Å². The van der Waals surface area contributed by atoms with E-state index in [9.17, 15) is 14.4 Å². The molecule has 112 valence electrons. The van der Waals surface area contributed by atoms with Crippen molar-refractivity contribution >= 4 is 29.5 Å². The molecule has 2 amide bonds. The standard InChI is InChI=1S/C13H20N2O4S/c1-10(2)13(18)19-7-9-20-8-6-15-5-4-14(3)11(16)12(15)17/h1,4-9H2,2-3H3. The van der Waals surface area contributed by atoms with E-state index in [2.05, 4.69) is 6.58 Å². The van der Waals surface area contributed by atoms with Gasteiger partial charge in [0, 0.05) is 43.8 Å². The van der Waals surface area contributed by atoms with E-state index >= 15 is 0 Å². The Balaban J connectivity index is 2.13. The number of carbonyl (C=O) groups excluding carboxylic acids is 3. The second-order valence-electron chi connectivity index (χ2n) is 4.55. The molecule has 0 aromatic heterocycles. The smallest absolute Gasteiger partial charge is 0.333 e. The molecule has 0 aromatic carbocycles. The van der Waals surface area contributed by atoms with Crippen LogP contribution in [0, 0.1) is 0 Å². The molecule has 1 aliphatic heterocycles. The molecule has 1 heterocycles. The predicted octanol–water partition coefficient (Wildman–Crippen LogP) is 0.140. The van der Waals surface area contributed by atoms with Crippen LogP contribution in [0.1, 0.15) is 6.92 Å². The van der Waals surface area contributed by atoms with Crippen molar-refractivity contribution in [3.63, 3.8) is 0 Å². The maximum Gasteiger partial charge on any atom is 0.333 e. The highest BCUT2D eigenvalue weighted by Gasteiger charge is 2.29. The second kappa shape index (κ2) is 7.94. The van der Waals surface area contributed by atoms with Crippen LogP contribution in [0.4, 0.5) is 0 Å². The van der Waals surface area contributed by atoms with Gasteiger partial charge in [-0.2, -0.15) is 11.8 Å². The van der Waals surface area contributed by atoms with Gasteiger partial charge in [-0.05, 0) is 6.92 Å². The number of esters is 1. The van der Waals surface area contributed by atoms with E-state index in [-0.39, 0.29) is 5.97 Å². The van der Waals surface area contributed by atoms with Gasteiger partial charge in [-0.15, -0.1) is 0 Å². The minimum atomic E-state index is -0.448. The molecule has 0 N–H and O–H groups in total. The van der Waals surface area contributed by atoms with Gasteiger partial charge in [-0.1, -0.05) is 6.58 Å². The Hall–Kier alpha value is -1.50. The maximum atomic E-state index is 11.7. The summed E-state index contributed by atoms with van der Waals surface area (Å²) in [5.74, 6) is 0.109. The SMILES string of the molecule is C=C(C)C(=O)OCCSCCN1CCN(C)C(=O)C1=O. The lowest BCUT2D eigenvalue weighted by Gasteiger charge is -2.31. The molecule has 7 heteroatoms. The van der Waals surface area contributed by atoms with Gasteiger partial charge in [0.15, 0.2) is 0 Å². The van der Waals surface area contributed by atoms with Gasteiger partial charge in [-0.3, -0.25) is 9.59 Å². The molecule has 1 rings (SSSR count). The van der Waals surface area contributed by atoms with E-state index in [1.165, 1.54) is 4.90 Å². The van der Waals surface area contributed by atoms with Crippen molar-refractivity contribution in [1.82, 2.24) is 9.80 Å². The molecule has 0 aromatic rings. The first-order chi connectivity index (χ1) is 9.43. The van der Waals surface area contributed by atoms with E-state index in [1.807, 2.05) is 0 Å². The lowest BCUT2D eigenvalue weighted by atomic mass is 10.3. The number of likely N-dealkylation sites (N-methyl/N-ethyl adjacent to an activating group) is 1. The third-order valence-electron chi connectivity index (χ3n) is 2.84. The average Bonchev–Trinajstić information content (AvgIpc) is 2.41. The zero-order valence-corrected chi connectivity index (χ0v) is 12.7. The average molecular weight is 300 g/mol. The summed E-state index contributed by atoms with van der Waals surface area (Å²) >= 11 is 1.58. The van der Waals surface area contributed by atoms with Crippen LogP contribution in [0.3, 0.4) is 0 Å². The van der Waals surface area contributed by atoms with Gasteiger partial charge in [0.05, 0.1) is 0 Å². The molecule has 0 saturated carbocycles. The highest BCUT2D eigenvalue weighted by Crippen LogP contribution is 2.06. The van der Waals surface area contributed by atoms with Gasteiger partial charge in [0.1, 0.15) is 6.61 Å². The summed E-state index contributed by atoms with van der Waals surface area (Å²) in [5.41, 5.74) is 0.386. The van der Waals surface area contributed by atoms with Gasteiger partial charge >= 0.3 is 17.8 Å². The van der Waals surface area contributed by atoms with Crippen molar-refractivity contribution in [2.45, 2.75) is 6.92 Å². The van der Waals surface area contributed by atoms with E-state index < -0.39 is 11.8 Å². The summed E-state index contributed by atoms with van der Waals surface area (Å²) < 4.78 is 4.95. The molecule has 0 spiro atoms. The van der Waals surface area contributed by atoms with Crippen molar-refractivity contribution < 1.29 is 19.1 Å². The van der Waals surface area contributed by atoms with Gasteiger partial charge in [0.2, 0.25) is 0 Å². The van der Waals surface area contributed by atoms with Crippen molar-refractivity contribution in [3.8, 4) is 0 Å². The Morgan fingerprint density at radius 1 is 1.30 bits per heavy atom. The maximum absolute atomic E-state index is 11.7. The summed E-state index contributed by atoms with van der Waals surface area (Å²) in [7, 11) is 1.63. The van der Waals surface area contributed by atoms with E-state index in [0.29, 0.717) is 43.3 Å². The van der Waals surface area contributed by atoms with Gasteiger partial charge < -0.3 is 14.5 Å². The Labute approximate surface area is 123 Å². The molecule has 1 fully saturated rings. The van der Waals surface area contributed by atoms with Crippen LogP contribution in [-0.4, -0.2) is 72.4 Å². The first kappa shape index (κ1) is 16.6. The number of nitrogens with zero attached hydrogens (tertiary/aromatic N) is 2. The fourth-order valence-electron chi connectivity index (χ4n) is 1.58. The quantitative estimate of drug-likeness (QED) is 0.289. The number of carbonyl (C=O) groups is 3. The van der Waals surface area contributed by atoms with Crippen LogP contribution < -0.4 is 0 Å². The van der Waals surface area contributed by atoms with Crippen LogP contribution in [-0.2, 0) is 19.1 Å². The van der Waals surface area contributed by atoms with Crippen molar-refractivity contribution in [3.05, 3.63) is 12.2 Å². The molecule has 1 aliphatic rings. The molecule has 0 radical (unpaired) electrons. The number of amides is 2. The van der Waals surface area contributed by atoms with Crippen molar-refractivity contribution in [2.24, 2.45) is 0 Å². The summed E-state index contributed by atoms with van der Waals surface area (Å²) in [6.45, 7) is 7.11. The topological polar surface area (TPSA) is 66.9 Å². The minimum absolute atomic E-state index is 0.325. The number of rotatable bonds is 7. The minimum Gasteiger partial charge on any atom is -0.461 e. The zero-order valence-electron chi connectivity index (χ0n) is 11.9. The van der Waals surface area contributed by atoms with Crippen molar-refractivity contribution in [2.75, 3.05) is 44.8 Å². The molecule has 1 saturated heterocycles. The fourth-order valence-corrected chi connectivity index (χ4v) is 2.33. The number of ether oxygens (including phenoxy) is 1. The zero-order chi connectivity index (χ0) is 15.1. The number of hydrogen-bond acceptors (Lipinski definition) is 5. The largest absolute Gasteiger partial charge is 0.461 e. The molecule has 20 heavy (non-hydrogen) atoms. The van der Waals surface area contributed by atoms with E-state index in [1.54, 1.807) is 30.6 Å². The fraction of sp³-hybridized carbons (Fsp3) is 0.615. The third-order valence-corrected chi connectivity index (χ3v) is 3.76. The molecular formula is C13H20N2O4S. The highest BCUT2D eigenvalue weighted by atomic mass is 32.2. The lowest BCUT2D eigenvalue weighted by Crippen LogP contribution is -2.53. The predicted molar refractivity (Wildman–Crippen MR) is 77.3 cm³/mol. The number of thioether (sulfide) groups is 1. The molecule has 0 atom stereocenters. The molecular weight excluding hydrogens is 280 g/mol. The molecule has 0 bridgehead atoms. The van der Waals surface area contributed by atoms with E-state index in [4.69, 9.17) is 4.74 Å². The number of hydrogen-bond donors (Lipinski definition) is 0. The molecule has 0 aliphatic carbocycles. The molecule has 0 unspecified atom stereocenters. The lowest BCUT2D eigenvalue weighted by molar-refractivity contribution is -0.154.